The third kappa shape index (κ3) is 4.17. The van der Waals surface area contributed by atoms with Crippen molar-refractivity contribution in [3.05, 3.63) is 36.2 Å². The average Bonchev–Trinajstić information content (AvgIpc) is 3.12. The molecule has 132 valence electrons. The maximum atomic E-state index is 12.3. The molecule has 1 heterocycles. The Morgan fingerprint density at radius 2 is 2.00 bits per heavy atom. The molecule has 2 aromatic rings. The molecule has 1 aliphatic rings. The number of anilines is 1. The van der Waals surface area contributed by atoms with Gasteiger partial charge in [0.1, 0.15) is 6.26 Å². The molecule has 3 N–H and O–H groups in total. The first-order chi connectivity index (χ1) is 12.0. The van der Waals surface area contributed by atoms with Crippen molar-refractivity contribution in [3.63, 3.8) is 0 Å². The van der Waals surface area contributed by atoms with Crippen molar-refractivity contribution in [2.24, 2.45) is 5.92 Å². The van der Waals surface area contributed by atoms with E-state index in [1.54, 1.807) is 6.20 Å². The minimum Gasteiger partial charge on any atom is -0.481 e. The van der Waals surface area contributed by atoms with Gasteiger partial charge in [-0.05, 0) is 50.3 Å². The normalized spacial score (nSPS) is 20.0. The Morgan fingerprint density at radius 3 is 2.64 bits per heavy atom. The van der Waals surface area contributed by atoms with E-state index in [1.807, 2.05) is 25.1 Å². The number of hydrogen-bond donors (Lipinski definition) is 3. The fourth-order valence-corrected chi connectivity index (χ4v) is 3.08. The Morgan fingerprint density at radius 1 is 1.24 bits per heavy atom. The number of carbonyl (C=O) groups excluding carboxylic acids is 1. The van der Waals surface area contributed by atoms with Gasteiger partial charge < -0.3 is 20.2 Å². The van der Waals surface area contributed by atoms with E-state index in [-0.39, 0.29) is 18.0 Å². The van der Waals surface area contributed by atoms with Crippen LogP contribution in [0.5, 0.6) is 0 Å². The van der Waals surface area contributed by atoms with Crippen LogP contribution in [0.1, 0.15) is 31.2 Å². The molecule has 7 nitrogen and oxygen atoms in total. The number of aromatic nitrogens is 1. The van der Waals surface area contributed by atoms with E-state index in [0.29, 0.717) is 37.3 Å². The summed E-state index contributed by atoms with van der Waals surface area (Å²) >= 11 is 0. The van der Waals surface area contributed by atoms with Gasteiger partial charge in [0.25, 0.3) is 0 Å². The Balaban J connectivity index is 1.60. The number of carboxylic acids is 1. The first-order valence-corrected chi connectivity index (χ1v) is 8.34. The second kappa shape index (κ2) is 7.38. The number of aryl methyl sites for hydroxylation is 1. The maximum Gasteiger partial charge on any atom is 0.319 e. The summed E-state index contributed by atoms with van der Waals surface area (Å²) in [5, 5.41) is 14.8. The number of rotatable bonds is 4. The zero-order chi connectivity index (χ0) is 17.8. The second-order valence-electron chi connectivity index (χ2n) is 6.35. The maximum absolute atomic E-state index is 12.3. The Kier molecular flexibility index (Phi) is 5.02. The molecule has 1 fully saturated rings. The van der Waals surface area contributed by atoms with Crippen LogP contribution >= 0.6 is 0 Å². The van der Waals surface area contributed by atoms with Gasteiger partial charge >= 0.3 is 12.0 Å². The van der Waals surface area contributed by atoms with E-state index < -0.39 is 5.97 Å². The highest BCUT2D eigenvalue weighted by atomic mass is 16.4. The molecular weight excluding hydrogens is 322 g/mol. The number of amides is 2. The summed E-state index contributed by atoms with van der Waals surface area (Å²) in [6, 6.07) is 5.32. The smallest absolute Gasteiger partial charge is 0.319 e. The van der Waals surface area contributed by atoms with Gasteiger partial charge in [0.15, 0.2) is 0 Å². The number of oxazole rings is 1. The molecule has 2 amide bonds. The third-order valence-electron chi connectivity index (χ3n) is 4.58. The van der Waals surface area contributed by atoms with Crippen LogP contribution in [0, 0.1) is 12.8 Å². The van der Waals surface area contributed by atoms with Gasteiger partial charge in [-0.3, -0.25) is 4.79 Å². The van der Waals surface area contributed by atoms with Gasteiger partial charge in [0.05, 0.1) is 12.1 Å². The largest absolute Gasteiger partial charge is 0.481 e. The SMILES string of the molecule is Cc1ccc(-c2ncco2)cc1NC(=O)NC1CCC(C(=O)O)CC1. The van der Waals surface area contributed by atoms with Crippen molar-refractivity contribution >= 4 is 17.7 Å². The van der Waals surface area contributed by atoms with Crippen molar-refractivity contribution in [1.82, 2.24) is 10.3 Å². The van der Waals surface area contributed by atoms with Gasteiger partial charge in [-0.25, -0.2) is 9.78 Å². The molecule has 0 spiro atoms. The minimum atomic E-state index is -0.748. The lowest BCUT2D eigenvalue weighted by molar-refractivity contribution is -0.142. The summed E-state index contributed by atoms with van der Waals surface area (Å²) in [7, 11) is 0. The number of nitrogens with zero attached hydrogens (tertiary/aromatic N) is 1. The van der Waals surface area contributed by atoms with Crippen LogP contribution in [0.3, 0.4) is 0 Å². The molecule has 0 atom stereocenters. The zero-order valence-electron chi connectivity index (χ0n) is 14.0. The van der Waals surface area contributed by atoms with E-state index in [4.69, 9.17) is 9.52 Å². The van der Waals surface area contributed by atoms with E-state index in [0.717, 1.165) is 11.1 Å². The lowest BCUT2D eigenvalue weighted by Crippen LogP contribution is -2.41. The van der Waals surface area contributed by atoms with Crippen LogP contribution in [0.15, 0.2) is 35.1 Å². The summed E-state index contributed by atoms with van der Waals surface area (Å²) in [6.07, 6.45) is 5.63. The van der Waals surface area contributed by atoms with E-state index in [9.17, 15) is 9.59 Å². The number of urea groups is 1. The average molecular weight is 343 g/mol. The zero-order valence-corrected chi connectivity index (χ0v) is 14.0. The molecule has 1 aromatic carbocycles. The number of aliphatic carboxylic acids is 1. The Bertz CT molecular complexity index is 750. The van der Waals surface area contributed by atoms with Gasteiger partial charge in [0, 0.05) is 17.3 Å². The van der Waals surface area contributed by atoms with Crippen LogP contribution in [0.2, 0.25) is 0 Å². The molecule has 0 bridgehead atoms. The van der Waals surface area contributed by atoms with Crippen LogP contribution in [-0.4, -0.2) is 28.1 Å². The molecule has 0 radical (unpaired) electrons. The summed E-state index contributed by atoms with van der Waals surface area (Å²) in [6.45, 7) is 1.91. The number of hydrogen-bond acceptors (Lipinski definition) is 4. The second-order valence-corrected chi connectivity index (χ2v) is 6.35. The van der Waals surface area contributed by atoms with Crippen molar-refractivity contribution in [3.8, 4) is 11.5 Å². The van der Waals surface area contributed by atoms with Gasteiger partial charge in [-0.15, -0.1) is 0 Å². The fraction of sp³-hybridized carbons (Fsp3) is 0.389. The van der Waals surface area contributed by atoms with Crippen LogP contribution in [0.4, 0.5) is 10.5 Å². The summed E-state index contributed by atoms with van der Waals surface area (Å²) in [5.41, 5.74) is 2.40. The molecule has 0 aliphatic heterocycles. The highest BCUT2D eigenvalue weighted by Gasteiger charge is 2.26. The van der Waals surface area contributed by atoms with Crippen LogP contribution in [-0.2, 0) is 4.79 Å². The van der Waals surface area contributed by atoms with Crippen molar-refractivity contribution in [2.45, 2.75) is 38.6 Å². The predicted octanol–water partition coefficient (Wildman–Crippen LogP) is 3.41. The highest BCUT2D eigenvalue weighted by molar-refractivity contribution is 5.91. The standard InChI is InChI=1S/C18H21N3O4/c1-11-2-3-13(16-19-8-9-25-16)10-15(11)21-18(24)20-14-6-4-12(5-7-14)17(22)23/h2-3,8-10,12,14H,4-7H2,1H3,(H,22,23)(H2,20,21,24). The summed E-state index contributed by atoms with van der Waals surface area (Å²) in [5.74, 6) is -0.543. The molecule has 25 heavy (non-hydrogen) atoms. The topological polar surface area (TPSA) is 104 Å². The molecule has 1 aromatic heterocycles. The number of benzene rings is 1. The molecular formula is C18H21N3O4. The number of nitrogens with one attached hydrogen (secondary N) is 2. The van der Waals surface area contributed by atoms with Crippen LogP contribution < -0.4 is 10.6 Å². The highest BCUT2D eigenvalue weighted by Crippen LogP contribution is 2.26. The lowest BCUT2D eigenvalue weighted by atomic mass is 9.86. The Labute approximate surface area is 145 Å². The molecule has 0 saturated heterocycles. The van der Waals surface area contributed by atoms with E-state index >= 15 is 0 Å². The van der Waals surface area contributed by atoms with Crippen molar-refractivity contribution in [2.75, 3.05) is 5.32 Å². The number of carboxylic acid groups (broad SMARTS) is 1. The molecule has 3 rings (SSSR count). The molecule has 1 saturated carbocycles. The number of carbonyl (C=O) groups is 2. The first kappa shape index (κ1) is 17.0. The summed E-state index contributed by atoms with van der Waals surface area (Å²) in [4.78, 5) is 27.4. The molecule has 1 aliphatic carbocycles. The summed E-state index contributed by atoms with van der Waals surface area (Å²) < 4.78 is 5.28. The van der Waals surface area contributed by atoms with Gasteiger partial charge in [0.2, 0.25) is 5.89 Å². The third-order valence-corrected chi connectivity index (χ3v) is 4.58. The Hall–Kier alpha value is -2.83. The predicted molar refractivity (Wildman–Crippen MR) is 92.2 cm³/mol. The van der Waals surface area contributed by atoms with Gasteiger partial charge in [-0.2, -0.15) is 0 Å². The van der Waals surface area contributed by atoms with Gasteiger partial charge in [-0.1, -0.05) is 6.07 Å². The fourth-order valence-electron chi connectivity index (χ4n) is 3.08. The monoisotopic (exact) mass is 343 g/mol. The molecule has 7 heteroatoms. The van der Waals surface area contributed by atoms with Crippen molar-refractivity contribution in [1.29, 1.82) is 0 Å². The van der Waals surface area contributed by atoms with E-state index in [1.165, 1.54) is 6.26 Å². The van der Waals surface area contributed by atoms with E-state index in [2.05, 4.69) is 15.6 Å². The minimum absolute atomic E-state index is 0.00540. The van der Waals surface area contributed by atoms with Crippen molar-refractivity contribution < 1.29 is 19.1 Å². The van der Waals surface area contributed by atoms with Crippen LogP contribution in [0.25, 0.3) is 11.5 Å². The molecule has 0 unspecified atom stereocenters. The quantitative estimate of drug-likeness (QED) is 0.789. The lowest BCUT2D eigenvalue weighted by Gasteiger charge is -2.27. The first-order valence-electron chi connectivity index (χ1n) is 8.34.